The second-order valence-electron chi connectivity index (χ2n) is 5.39. The highest BCUT2D eigenvalue weighted by Gasteiger charge is 2.08. The number of aromatic amines is 1. The Bertz CT molecular complexity index is 828. The smallest absolute Gasteiger partial charge is 0.182 e. The van der Waals surface area contributed by atoms with Crippen LogP contribution in [0.4, 0.5) is 0 Å². The molecule has 1 heterocycles. The Labute approximate surface area is 129 Å². The van der Waals surface area contributed by atoms with Crippen LogP contribution in [0.15, 0.2) is 42.5 Å². The molecule has 0 amide bonds. The molecule has 2 aromatic carbocycles. The van der Waals surface area contributed by atoms with Crippen molar-refractivity contribution >= 4 is 23.3 Å². The highest BCUT2D eigenvalue weighted by Crippen LogP contribution is 2.24. The fourth-order valence-electron chi connectivity index (χ4n) is 2.48. The van der Waals surface area contributed by atoms with E-state index in [1.54, 1.807) is 7.11 Å². The van der Waals surface area contributed by atoms with E-state index >= 15 is 0 Å². The Morgan fingerprint density at radius 2 is 1.81 bits per heavy atom. The summed E-state index contributed by atoms with van der Waals surface area (Å²) in [5.74, 6) is 1.35. The molecular weight excluding hydrogens is 280 g/mol. The number of hydrogen-bond donors (Lipinski definition) is 1. The van der Waals surface area contributed by atoms with E-state index in [1.165, 1.54) is 5.56 Å². The predicted molar refractivity (Wildman–Crippen MR) is 89.1 cm³/mol. The summed E-state index contributed by atoms with van der Waals surface area (Å²) >= 11 is 5.47. The lowest BCUT2D eigenvalue weighted by Gasteiger charge is -2.08. The molecule has 0 fully saturated rings. The Morgan fingerprint density at radius 3 is 2.43 bits per heavy atom. The van der Waals surface area contributed by atoms with E-state index in [2.05, 4.69) is 43.1 Å². The number of imidazole rings is 1. The zero-order valence-electron chi connectivity index (χ0n) is 12.4. The first-order chi connectivity index (χ1) is 10.1. The Morgan fingerprint density at radius 1 is 1.10 bits per heavy atom. The first kappa shape index (κ1) is 13.9. The van der Waals surface area contributed by atoms with Gasteiger partial charge in [-0.25, -0.2) is 0 Å². The quantitative estimate of drug-likeness (QED) is 0.703. The van der Waals surface area contributed by atoms with Gasteiger partial charge in [-0.1, -0.05) is 26.0 Å². The van der Waals surface area contributed by atoms with Gasteiger partial charge in [-0.15, -0.1) is 0 Å². The number of nitrogens with one attached hydrogen (secondary N) is 1. The molecule has 0 saturated carbocycles. The molecule has 3 nitrogen and oxygen atoms in total. The topological polar surface area (TPSA) is 29.9 Å². The maximum atomic E-state index is 5.47. The second-order valence-corrected chi connectivity index (χ2v) is 5.78. The minimum Gasteiger partial charge on any atom is -0.497 e. The number of nitrogens with zero attached hydrogens (tertiary/aromatic N) is 1. The van der Waals surface area contributed by atoms with Gasteiger partial charge >= 0.3 is 0 Å². The molecule has 0 atom stereocenters. The molecule has 0 spiro atoms. The lowest BCUT2D eigenvalue weighted by atomic mass is 10.0. The Hall–Kier alpha value is -2.07. The average molecular weight is 298 g/mol. The van der Waals surface area contributed by atoms with Crippen LogP contribution >= 0.6 is 12.2 Å². The average Bonchev–Trinajstić information content (AvgIpc) is 2.82. The maximum absolute atomic E-state index is 5.47. The fourth-order valence-corrected chi connectivity index (χ4v) is 2.80. The molecule has 1 aromatic heterocycles. The summed E-state index contributed by atoms with van der Waals surface area (Å²) in [5, 5.41) is 0. The molecule has 0 saturated heterocycles. The summed E-state index contributed by atoms with van der Waals surface area (Å²) in [6, 6.07) is 14.5. The molecule has 0 unspecified atom stereocenters. The zero-order chi connectivity index (χ0) is 15.0. The van der Waals surface area contributed by atoms with Crippen LogP contribution in [0.5, 0.6) is 5.75 Å². The molecular formula is C17H18N2OS. The molecule has 0 radical (unpaired) electrons. The van der Waals surface area contributed by atoms with Gasteiger partial charge < -0.3 is 9.72 Å². The lowest BCUT2D eigenvalue weighted by molar-refractivity contribution is 0.415. The van der Waals surface area contributed by atoms with Crippen molar-refractivity contribution in [2.24, 2.45) is 0 Å². The normalized spacial score (nSPS) is 11.2. The maximum Gasteiger partial charge on any atom is 0.182 e. The van der Waals surface area contributed by atoms with Crippen LogP contribution in [-0.2, 0) is 0 Å². The Kier molecular flexibility index (Phi) is 3.55. The van der Waals surface area contributed by atoms with E-state index in [0.29, 0.717) is 10.7 Å². The van der Waals surface area contributed by atoms with Crippen LogP contribution in [0.25, 0.3) is 16.7 Å². The van der Waals surface area contributed by atoms with E-state index in [0.717, 1.165) is 22.5 Å². The number of methoxy groups -OCH3 is 1. The molecule has 108 valence electrons. The summed E-state index contributed by atoms with van der Waals surface area (Å²) in [5.41, 5.74) is 4.43. The van der Waals surface area contributed by atoms with Crippen molar-refractivity contribution in [1.82, 2.24) is 9.55 Å². The van der Waals surface area contributed by atoms with Gasteiger partial charge in [0.15, 0.2) is 4.77 Å². The summed E-state index contributed by atoms with van der Waals surface area (Å²) < 4.78 is 8.00. The summed E-state index contributed by atoms with van der Waals surface area (Å²) in [4.78, 5) is 3.24. The van der Waals surface area contributed by atoms with E-state index in [-0.39, 0.29) is 0 Å². The first-order valence-corrected chi connectivity index (χ1v) is 7.40. The van der Waals surface area contributed by atoms with Gasteiger partial charge in [0.2, 0.25) is 0 Å². The van der Waals surface area contributed by atoms with Crippen molar-refractivity contribution < 1.29 is 4.74 Å². The summed E-state index contributed by atoms with van der Waals surface area (Å²) in [7, 11) is 1.66. The number of aromatic nitrogens is 2. The van der Waals surface area contributed by atoms with Gasteiger partial charge in [-0.2, -0.15) is 0 Å². The highest BCUT2D eigenvalue weighted by atomic mass is 32.1. The number of fused-ring (bicyclic) bond motifs is 1. The van der Waals surface area contributed by atoms with Crippen LogP contribution < -0.4 is 4.74 Å². The van der Waals surface area contributed by atoms with Gasteiger partial charge in [-0.3, -0.25) is 4.57 Å². The molecule has 3 aromatic rings. The first-order valence-electron chi connectivity index (χ1n) is 6.99. The van der Waals surface area contributed by atoms with Crippen LogP contribution in [0.1, 0.15) is 25.3 Å². The van der Waals surface area contributed by atoms with Crippen molar-refractivity contribution in [3.05, 3.63) is 52.8 Å². The Balaban J connectivity index is 2.15. The third kappa shape index (κ3) is 2.47. The van der Waals surface area contributed by atoms with Crippen LogP contribution in [0, 0.1) is 4.77 Å². The molecule has 21 heavy (non-hydrogen) atoms. The molecule has 0 aliphatic rings. The predicted octanol–water partition coefficient (Wildman–Crippen LogP) is 4.82. The van der Waals surface area contributed by atoms with Gasteiger partial charge in [0.25, 0.3) is 0 Å². The standard InChI is InChI=1S/C17H18N2OS/c1-11(2)12-4-6-13(7-5-12)19-16-9-8-14(20-3)10-15(16)18-17(19)21/h4-11H,1-3H3,(H,18,21). The molecule has 3 rings (SSSR count). The lowest BCUT2D eigenvalue weighted by Crippen LogP contribution is -1.95. The van der Waals surface area contributed by atoms with Crippen molar-refractivity contribution in [3.63, 3.8) is 0 Å². The van der Waals surface area contributed by atoms with Crippen molar-refractivity contribution in [3.8, 4) is 11.4 Å². The number of benzene rings is 2. The second kappa shape index (κ2) is 5.37. The fraction of sp³-hybridized carbons (Fsp3) is 0.235. The third-order valence-corrected chi connectivity index (χ3v) is 3.99. The van der Waals surface area contributed by atoms with Crippen LogP contribution in [0.3, 0.4) is 0 Å². The van der Waals surface area contributed by atoms with E-state index in [1.807, 2.05) is 22.8 Å². The highest BCUT2D eigenvalue weighted by molar-refractivity contribution is 7.71. The minimum atomic E-state index is 0.527. The van der Waals surface area contributed by atoms with Crippen LogP contribution in [-0.4, -0.2) is 16.7 Å². The largest absolute Gasteiger partial charge is 0.497 e. The third-order valence-electron chi connectivity index (χ3n) is 3.71. The van der Waals surface area contributed by atoms with Gasteiger partial charge in [0.05, 0.1) is 18.1 Å². The van der Waals surface area contributed by atoms with E-state index < -0.39 is 0 Å². The monoisotopic (exact) mass is 298 g/mol. The minimum absolute atomic E-state index is 0.527. The number of hydrogen-bond acceptors (Lipinski definition) is 2. The van der Waals surface area contributed by atoms with E-state index in [9.17, 15) is 0 Å². The van der Waals surface area contributed by atoms with E-state index in [4.69, 9.17) is 17.0 Å². The molecule has 4 heteroatoms. The molecule has 0 aliphatic carbocycles. The SMILES string of the molecule is COc1ccc2c(c1)[nH]c(=S)n2-c1ccc(C(C)C)cc1. The zero-order valence-corrected chi connectivity index (χ0v) is 13.2. The van der Waals surface area contributed by atoms with Crippen molar-refractivity contribution in [1.29, 1.82) is 0 Å². The summed E-state index contributed by atoms with van der Waals surface area (Å²) in [6.45, 7) is 4.39. The van der Waals surface area contributed by atoms with Crippen molar-refractivity contribution in [2.45, 2.75) is 19.8 Å². The number of H-pyrrole nitrogens is 1. The number of rotatable bonds is 3. The number of ether oxygens (including phenoxy) is 1. The molecule has 1 N–H and O–H groups in total. The van der Waals surface area contributed by atoms with Crippen LogP contribution in [0.2, 0.25) is 0 Å². The summed E-state index contributed by atoms with van der Waals surface area (Å²) in [6.07, 6.45) is 0. The van der Waals surface area contributed by atoms with Gasteiger partial charge in [-0.05, 0) is 48.0 Å². The van der Waals surface area contributed by atoms with Gasteiger partial charge in [0.1, 0.15) is 5.75 Å². The molecule has 0 bridgehead atoms. The molecule has 0 aliphatic heterocycles. The van der Waals surface area contributed by atoms with Crippen molar-refractivity contribution in [2.75, 3.05) is 7.11 Å². The van der Waals surface area contributed by atoms with Gasteiger partial charge in [0, 0.05) is 11.8 Å².